The normalized spacial score (nSPS) is 17.6. The lowest BCUT2D eigenvalue weighted by Gasteiger charge is -2.10. The smallest absolute Gasteiger partial charge is 0.387 e. The van der Waals surface area contributed by atoms with Crippen LogP contribution >= 0.6 is 11.6 Å². The number of hydrogen-bond acceptors (Lipinski definition) is 2. The maximum Gasteiger partial charge on any atom is 0.387 e. The van der Waals surface area contributed by atoms with Gasteiger partial charge in [0, 0.05) is 6.42 Å². The van der Waals surface area contributed by atoms with E-state index in [0.29, 0.717) is 6.42 Å². The van der Waals surface area contributed by atoms with Gasteiger partial charge in [0.05, 0.1) is 10.6 Å². The quantitative estimate of drug-likeness (QED) is 0.888. The minimum absolute atomic E-state index is 0.0387. The van der Waals surface area contributed by atoms with Crippen molar-refractivity contribution in [2.24, 2.45) is 0 Å². The highest BCUT2D eigenvalue weighted by atomic mass is 35.5. The van der Waals surface area contributed by atoms with Crippen LogP contribution in [-0.2, 0) is 6.42 Å². The third-order valence-corrected chi connectivity index (χ3v) is 2.87. The minimum Gasteiger partial charge on any atom is -0.433 e. The van der Waals surface area contributed by atoms with Gasteiger partial charge in [0.25, 0.3) is 0 Å². The molecule has 0 aliphatic heterocycles. The molecule has 1 aromatic rings. The first kappa shape index (κ1) is 11.6. The number of rotatable bonds is 4. The molecule has 1 aromatic carbocycles. The Hall–Kier alpha value is -0.870. The maximum atomic E-state index is 12.0. The van der Waals surface area contributed by atoms with Crippen LogP contribution in [0.3, 0.4) is 0 Å². The summed E-state index contributed by atoms with van der Waals surface area (Å²) in [5, 5.41) is 9.83. The number of halogens is 3. The summed E-state index contributed by atoms with van der Waals surface area (Å²) in [6, 6.07) is 4.59. The van der Waals surface area contributed by atoms with Gasteiger partial charge in [-0.3, -0.25) is 0 Å². The van der Waals surface area contributed by atoms with E-state index in [9.17, 15) is 13.9 Å². The highest BCUT2D eigenvalue weighted by Gasteiger charge is 2.40. The van der Waals surface area contributed by atoms with E-state index in [1.54, 1.807) is 12.1 Å². The summed E-state index contributed by atoms with van der Waals surface area (Å²) in [7, 11) is 0. The van der Waals surface area contributed by atoms with Gasteiger partial charge in [-0.15, -0.1) is 0 Å². The van der Waals surface area contributed by atoms with Crippen LogP contribution in [0.25, 0.3) is 0 Å². The second-order valence-corrected chi connectivity index (χ2v) is 4.45. The zero-order valence-corrected chi connectivity index (χ0v) is 9.18. The lowest BCUT2D eigenvalue weighted by molar-refractivity contribution is -0.0498. The van der Waals surface area contributed by atoms with Crippen LogP contribution in [0.2, 0.25) is 5.02 Å². The van der Waals surface area contributed by atoms with Gasteiger partial charge >= 0.3 is 6.61 Å². The van der Waals surface area contributed by atoms with Crippen LogP contribution in [0.1, 0.15) is 18.4 Å². The van der Waals surface area contributed by atoms with Crippen molar-refractivity contribution < 1.29 is 18.6 Å². The van der Waals surface area contributed by atoms with Gasteiger partial charge in [0.2, 0.25) is 0 Å². The molecule has 88 valence electrons. The molecule has 2 rings (SSSR count). The van der Waals surface area contributed by atoms with E-state index < -0.39 is 12.2 Å². The second kappa shape index (κ2) is 4.18. The third-order valence-electron chi connectivity index (χ3n) is 2.57. The van der Waals surface area contributed by atoms with E-state index in [1.807, 2.05) is 0 Å². The number of ether oxygens (including phenoxy) is 1. The fraction of sp³-hybridized carbons (Fsp3) is 0.455. The van der Waals surface area contributed by atoms with Gasteiger partial charge in [-0.1, -0.05) is 17.7 Å². The van der Waals surface area contributed by atoms with Gasteiger partial charge in [-0.25, -0.2) is 0 Å². The molecular weight excluding hydrogens is 238 g/mol. The molecule has 2 nitrogen and oxygen atoms in total. The van der Waals surface area contributed by atoms with Gasteiger partial charge in [0.15, 0.2) is 0 Å². The maximum absolute atomic E-state index is 12.0. The van der Waals surface area contributed by atoms with E-state index in [-0.39, 0.29) is 10.8 Å². The summed E-state index contributed by atoms with van der Waals surface area (Å²) < 4.78 is 28.1. The van der Waals surface area contributed by atoms with Crippen LogP contribution in [0.4, 0.5) is 8.78 Å². The molecule has 0 heterocycles. The first-order chi connectivity index (χ1) is 7.48. The van der Waals surface area contributed by atoms with Crippen LogP contribution < -0.4 is 4.74 Å². The molecule has 1 saturated carbocycles. The molecule has 16 heavy (non-hydrogen) atoms. The summed E-state index contributed by atoms with van der Waals surface area (Å²) in [4.78, 5) is 0. The zero-order valence-electron chi connectivity index (χ0n) is 8.42. The largest absolute Gasteiger partial charge is 0.433 e. The molecule has 5 heteroatoms. The molecule has 0 saturated heterocycles. The summed E-state index contributed by atoms with van der Waals surface area (Å²) in [5.41, 5.74) is 0.209. The first-order valence-corrected chi connectivity index (χ1v) is 5.32. The van der Waals surface area contributed by atoms with Crippen LogP contribution in [-0.4, -0.2) is 17.3 Å². The fourth-order valence-electron chi connectivity index (χ4n) is 1.55. The van der Waals surface area contributed by atoms with Gasteiger partial charge in [-0.05, 0) is 30.5 Å². The summed E-state index contributed by atoms with van der Waals surface area (Å²) in [6.07, 6.45) is 2.06. The van der Waals surface area contributed by atoms with Crippen LogP contribution in [0, 0.1) is 0 Å². The van der Waals surface area contributed by atoms with Gasteiger partial charge in [-0.2, -0.15) is 8.78 Å². The average molecular weight is 249 g/mol. The Kier molecular flexibility index (Phi) is 3.04. The van der Waals surface area contributed by atoms with Crippen LogP contribution in [0.15, 0.2) is 18.2 Å². The predicted molar refractivity (Wildman–Crippen MR) is 56.0 cm³/mol. The Bertz CT molecular complexity index is 392. The molecule has 0 bridgehead atoms. The van der Waals surface area contributed by atoms with Crippen molar-refractivity contribution in [1.82, 2.24) is 0 Å². The first-order valence-electron chi connectivity index (χ1n) is 4.94. The predicted octanol–water partition coefficient (Wildman–Crippen LogP) is 3.01. The zero-order chi connectivity index (χ0) is 11.8. The van der Waals surface area contributed by atoms with E-state index in [4.69, 9.17) is 11.6 Å². The van der Waals surface area contributed by atoms with Crippen molar-refractivity contribution >= 4 is 11.6 Å². The number of hydrogen-bond donors (Lipinski definition) is 1. The SMILES string of the molecule is OC1(Cc2ccc(OC(F)F)c(Cl)c2)CC1. The molecule has 0 atom stereocenters. The topological polar surface area (TPSA) is 29.5 Å². The molecule has 0 radical (unpaired) electrons. The summed E-state index contributed by atoms with van der Waals surface area (Å²) in [5.74, 6) is -0.0387. The average Bonchev–Trinajstić information content (AvgIpc) is 2.88. The van der Waals surface area contributed by atoms with Gasteiger partial charge < -0.3 is 9.84 Å². The molecule has 1 aliphatic carbocycles. The molecule has 1 N–H and O–H groups in total. The molecule has 1 aliphatic rings. The molecule has 0 unspecified atom stereocenters. The van der Waals surface area contributed by atoms with Crippen molar-refractivity contribution in [3.8, 4) is 5.75 Å². The lowest BCUT2D eigenvalue weighted by Crippen LogP contribution is -2.10. The van der Waals surface area contributed by atoms with Gasteiger partial charge in [0.1, 0.15) is 5.75 Å². The van der Waals surface area contributed by atoms with Crippen LogP contribution in [0.5, 0.6) is 5.75 Å². The Labute approximate surface area is 96.8 Å². The monoisotopic (exact) mass is 248 g/mol. The van der Waals surface area contributed by atoms with Crippen molar-refractivity contribution in [3.05, 3.63) is 28.8 Å². The van der Waals surface area contributed by atoms with Crippen molar-refractivity contribution in [2.45, 2.75) is 31.5 Å². The third kappa shape index (κ3) is 2.83. The Morgan fingerprint density at radius 2 is 2.12 bits per heavy atom. The Morgan fingerprint density at radius 3 is 2.62 bits per heavy atom. The Morgan fingerprint density at radius 1 is 1.44 bits per heavy atom. The van der Waals surface area contributed by atoms with Crippen molar-refractivity contribution in [3.63, 3.8) is 0 Å². The molecular formula is C11H11ClF2O2. The molecule has 1 fully saturated rings. The highest BCUT2D eigenvalue weighted by Crippen LogP contribution is 2.39. The fourth-order valence-corrected chi connectivity index (χ4v) is 1.79. The number of aliphatic hydroxyl groups is 1. The molecule has 0 amide bonds. The lowest BCUT2D eigenvalue weighted by atomic mass is 10.1. The molecule has 0 aromatic heterocycles. The van der Waals surface area contributed by atoms with E-state index >= 15 is 0 Å². The molecule has 0 spiro atoms. The number of alkyl halides is 2. The minimum atomic E-state index is -2.88. The van der Waals surface area contributed by atoms with E-state index in [2.05, 4.69) is 4.74 Å². The van der Waals surface area contributed by atoms with Crippen molar-refractivity contribution in [2.75, 3.05) is 0 Å². The summed E-state index contributed by atoms with van der Waals surface area (Å²) in [6.45, 7) is -2.88. The summed E-state index contributed by atoms with van der Waals surface area (Å²) >= 11 is 5.78. The van der Waals surface area contributed by atoms with E-state index in [0.717, 1.165) is 18.4 Å². The number of benzene rings is 1. The second-order valence-electron chi connectivity index (χ2n) is 4.04. The highest BCUT2D eigenvalue weighted by molar-refractivity contribution is 6.32. The van der Waals surface area contributed by atoms with Crippen molar-refractivity contribution in [1.29, 1.82) is 0 Å². The Balaban J connectivity index is 2.09. The standard InChI is InChI=1S/C11H11ClF2O2/c12-8-5-7(6-11(15)3-4-11)1-2-9(8)16-10(13)14/h1-2,5,10,15H,3-4,6H2. The van der Waals surface area contributed by atoms with E-state index in [1.165, 1.54) is 6.07 Å².